The molecule has 0 spiro atoms. The van der Waals surface area contributed by atoms with Gasteiger partial charge in [-0.3, -0.25) is 0 Å². The van der Waals surface area contributed by atoms with E-state index in [9.17, 15) is 5.11 Å². The van der Waals surface area contributed by atoms with E-state index in [0.29, 0.717) is 0 Å². The van der Waals surface area contributed by atoms with Crippen molar-refractivity contribution in [1.29, 1.82) is 0 Å². The van der Waals surface area contributed by atoms with Gasteiger partial charge in [-0.25, -0.2) is 0 Å². The van der Waals surface area contributed by atoms with Crippen LogP contribution in [0, 0.1) is 0 Å². The summed E-state index contributed by atoms with van der Waals surface area (Å²) in [6, 6.07) is 6.12. The summed E-state index contributed by atoms with van der Waals surface area (Å²) in [5, 5.41) is 9.41. The molecule has 0 aliphatic rings. The van der Waals surface area contributed by atoms with Gasteiger partial charge in [0.15, 0.2) is 0 Å². The van der Waals surface area contributed by atoms with Crippen LogP contribution >= 0.6 is 0 Å². The molecule has 0 aliphatic heterocycles. The number of nitrogens with zero attached hydrogens (tertiary/aromatic N) is 1. The summed E-state index contributed by atoms with van der Waals surface area (Å²) in [4.78, 5) is 2.10. The standard InChI is InChI=1S/C14H23NO2/c1-14(2,10-16)12-6-7-13(17-5)11(8-12)9-15(3)4/h6-8,16H,9-10H2,1-5H3. The highest BCUT2D eigenvalue weighted by Gasteiger charge is 2.20. The van der Waals surface area contributed by atoms with Crippen molar-refractivity contribution < 1.29 is 9.84 Å². The molecule has 0 bridgehead atoms. The molecule has 1 aromatic rings. The maximum atomic E-state index is 9.41. The third-order valence-corrected chi connectivity index (χ3v) is 2.94. The Morgan fingerprint density at radius 3 is 2.41 bits per heavy atom. The highest BCUT2D eigenvalue weighted by Crippen LogP contribution is 2.28. The first-order chi connectivity index (χ1) is 7.90. The monoisotopic (exact) mass is 237 g/mol. The zero-order valence-electron chi connectivity index (χ0n) is 11.4. The van der Waals surface area contributed by atoms with Crippen molar-refractivity contribution in [3.05, 3.63) is 29.3 Å². The second kappa shape index (κ2) is 5.52. The van der Waals surface area contributed by atoms with E-state index < -0.39 is 0 Å². The molecule has 17 heavy (non-hydrogen) atoms. The van der Waals surface area contributed by atoms with Gasteiger partial charge < -0.3 is 14.7 Å². The first-order valence-electron chi connectivity index (χ1n) is 5.83. The van der Waals surface area contributed by atoms with E-state index in [1.165, 1.54) is 0 Å². The summed E-state index contributed by atoms with van der Waals surface area (Å²) in [5.74, 6) is 0.899. The Kier molecular flexibility index (Phi) is 4.54. The summed E-state index contributed by atoms with van der Waals surface area (Å²) in [6.45, 7) is 5.04. The lowest BCUT2D eigenvalue weighted by atomic mass is 9.84. The molecule has 0 saturated carbocycles. The number of benzene rings is 1. The van der Waals surface area contributed by atoms with Crippen LogP contribution in [0.1, 0.15) is 25.0 Å². The van der Waals surface area contributed by atoms with Crippen LogP contribution < -0.4 is 4.74 Å². The van der Waals surface area contributed by atoms with Gasteiger partial charge in [0, 0.05) is 17.5 Å². The van der Waals surface area contributed by atoms with Gasteiger partial charge in [0.2, 0.25) is 0 Å². The molecular formula is C14H23NO2. The highest BCUT2D eigenvalue weighted by molar-refractivity contribution is 5.40. The number of aliphatic hydroxyl groups is 1. The Bertz CT molecular complexity index is 372. The summed E-state index contributed by atoms with van der Waals surface area (Å²) in [7, 11) is 5.75. The van der Waals surface area contributed by atoms with Crippen LogP contribution in [0.4, 0.5) is 0 Å². The van der Waals surface area contributed by atoms with Crippen molar-refractivity contribution in [2.24, 2.45) is 0 Å². The minimum atomic E-state index is -0.215. The Labute approximate surface area is 104 Å². The van der Waals surface area contributed by atoms with Gasteiger partial charge in [-0.05, 0) is 25.7 Å². The maximum Gasteiger partial charge on any atom is 0.123 e. The molecule has 0 unspecified atom stereocenters. The molecule has 0 saturated heterocycles. The van der Waals surface area contributed by atoms with E-state index in [1.807, 2.05) is 40.1 Å². The molecule has 0 amide bonds. The first-order valence-corrected chi connectivity index (χ1v) is 5.83. The molecule has 0 aliphatic carbocycles. The lowest BCUT2D eigenvalue weighted by Gasteiger charge is -2.24. The number of hydrogen-bond acceptors (Lipinski definition) is 3. The molecule has 1 N–H and O–H groups in total. The van der Waals surface area contributed by atoms with Crippen LogP contribution in [0.25, 0.3) is 0 Å². The molecule has 96 valence electrons. The Morgan fingerprint density at radius 1 is 1.29 bits per heavy atom. The van der Waals surface area contributed by atoms with Crippen molar-refractivity contribution in [2.45, 2.75) is 25.8 Å². The molecule has 0 radical (unpaired) electrons. The van der Waals surface area contributed by atoms with E-state index in [0.717, 1.165) is 23.4 Å². The summed E-state index contributed by atoms with van der Waals surface area (Å²) >= 11 is 0. The smallest absolute Gasteiger partial charge is 0.123 e. The molecule has 1 aromatic carbocycles. The molecule has 0 fully saturated rings. The molecular weight excluding hydrogens is 214 g/mol. The molecule has 0 atom stereocenters. The molecule has 0 aromatic heterocycles. The molecule has 0 heterocycles. The highest BCUT2D eigenvalue weighted by atomic mass is 16.5. The summed E-state index contributed by atoms with van der Waals surface area (Å²) in [5.41, 5.74) is 2.07. The van der Waals surface area contributed by atoms with Gasteiger partial charge in [-0.1, -0.05) is 26.0 Å². The van der Waals surface area contributed by atoms with Crippen LogP contribution in [0.5, 0.6) is 5.75 Å². The van der Waals surface area contributed by atoms with Crippen molar-refractivity contribution in [2.75, 3.05) is 27.8 Å². The SMILES string of the molecule is COc1ccc(C(C)(C)CO)cc1CN(C)C. The number of rotatable bonds is 5. The Morgan fingerprint density at radius 2 is 1.94 bits per heavy atom. The van der Waals surface area contributed by atoms with Gasteiger partial charge in [-0.2, -0.15) is 0 Å². The average Bonchev–Trinajstić information content (AvgIpc) is 2.28. The molecule has 1 rings (SSSR count). The van der Waals surface area contributed by atoms with Gasteiger partial charge >= 0.3 is 0 Å². The van der Waals surface area contributed by atoms with Crippen LogP contribution in [-0.4, -0.2) is 37.8 Å². The predicted molar refractivity (Wildman–Crippen MR) is 70.5 cm³/mol. The fourth-order valence-electron chi connectivity index (χ4n) is 1.76. The van der Waals surface area contributed by atoms with Gasteiger partial charge in [0.25, 0.3) is 0 Å². The van der Waals surface area contributed by atoms with Crippen molar-refractivity contribution in [3.8, 4) is 5.75 Å². The number of aliphatic hydroxyl groups excluding tert-OH is 1. The maximum absolute atomic E-state index is 9.41. The fraction of sp³-hybridized carbons (Fsp3) is 0.571. The van der Waals surface area contributed by atoms with Crippen molar-refractivity contribution >= 4 is 0 Å². The van der Waals surface area contributed by atoms with E-state index in [-0.39, 0.29) is 12.0 Å². The zero-order valence-corrected chi connectivity index (χ0v) is 11.4. The zero-order chi connectivity index (χ0) is 13.1. The summed E-state index contributed by atoms with van der Waals surface area (Å²) < 4.78 is 5.36. The first kappa shape index (κ1) is 14.0. The topological polar surface area (TPSA) is 32.7 Å². The lowest BCUT2D eigenvalue weighted by Crippen LogP contribution is -2.22. The predicted octanol–water partition coefficient (Wildman–Crippen LogP) is 2.03. The Balaban J connectivity index is 3.12. The van der Waals surface area contributed by atoms with E-state index >= 15 is 0 Å². The van der Waals surface area contributed by atoms with Gasteiger partial charge in [0.05, 0.1) is 13.7 Å². The largest absolute Gasteiger partial charge is 0.496 e. The quantitative estimate of drug-likeness (QED) is 0.850. The minimum Gasteiger partial charge on any atom is -0.496 e. The van der Waals surface area contributed by atoms with E-state index in [1.54, 1.807) is 7.11 Å². The Hall–Kier alpha value is -1.06. The minimum absolute atomic E-state index is 0.140. The van der Waals surface area contributed by atoms with Crippen molar-refractivity contribution in [3.63, 3.8) is 0 Å². The third kappa shape index (κ3) is 3.45. The van der Waals surface area contributed by atoms with E-state index in [2.05, 4.69) is 11.0 Å². The summed E-state index contributed by atoms with van der Waals surface area (Å²) in [6.07, 6.45) is 0. The average molecular weight is 237 g/mol. The van der Waals surface area contributed by atoms with E-state index in [4.69, 9.17) is 4.74 Å². The fourth-order valence-corrected chi connectivity index (χ4v) is 1.76. The number of methoxy groups -OCH3 is 1. The number of hydrogen-bond donors (Lipinski definition) is 1. The molecule has 3 nitrogen and oxygen atoms in total. The van der Waals surface area contributed by atoms with Gasteiger partial charge in [0.1, 0.15) is 5.75 Å². The van der Waals surface area contributed by atoms with Crippen LogP contribution in [-0.2, 0) is 12.0 Å². The third-order valence-electron chi connectivity index (χ3n) is 2.94. The molecule has 3 heteroatoms. The van der Waals surface area contributed by atoms with Crippen LogP contribution in [0.15, 0.2) is 18.2 Å². The lowest BCUT2D eigenvalue weighted by molar-refractivity contribution is 0.218. The second-order valence-electron chi connectivity index (χ2n) is 5.31. The van der Waals surface area contributed by atoms with Crippen LogP contribution in [0.3, 0.4) is 0 Å². The second-order valence-corrected chi connectivity index (χ2v) is 5.31. The normalized spacial score (nSPS) is 11.9. The van der Waals surface area contributed by atoms with Crippen LogP contribution in [0.2, 0.25) is 0 Å². The van der Waals surface area contributed by atoms with Crippen molar-refractivity contribution in [1.82, 2.24) is 4.90 Å². The number of ether oxygens (including phenoxy) is 1. The van der Waals surface area contributed by atoms with Gasteiger partial charge in [-0.15, -0.1) is 0 Å².